The smallest absolute Gasteiger partial charge is 0.412 e. The lowest BCUT2D eigenvalue weighted by molar-refractivity contribution is -0.135. The van der Waals surface area contributed by atoms with Crippen molar-refractivity contribution in [3.63, 3.8) is 0 Å². The van der Waals surface area contributed by atoms with E-state index < -0.39 is 12.1 Å². The van der Waals surface area contributed by atoms with E-state index in [0.717, 1.165) is 0 Å². The minimum atomic E-state index is -0.741. The summed E-state index contributed by atoms with van der Waals surface area (Å²) in [5.74, 6) is -0.707. The van der Waals surface area contributed by atoms with Gasteiger partial charge >= 0.3 is 12.1 Å². The van der Waals surface area contributed by atoms with Crippen LogP contribution in [0.25, 0.3) is 0 Å². The Kier molecular flexibility index (Phi) is 6.09. The summed E-state index contributed by atoms with van der Waals surface area (Å²) in [4.78, 5) is 22.2. The highest BCUT2D eigenvalue weighted by Gasteiger charge is 2.19. The standard InChI is InChI=1S/C9H14N2O4S/c1-4-15-9(13)11-7(16)6(5(2)10)8(12)14-3/h4,10H2,1-3H3,(H,11,13,16)/b6-5-. The number of hydrogen-bond donors (Lipinski definition) is 2. The third-order valence-corrected chi connectivity index (χ3v) is 1.81. The summed E-state index contributed by atoms with van der Waals surface area (Å²) in [7, 11) is 1.19. The molecule has 0 rings (SSSR count). The topological polar surface area (TPSA) is 90.6 Å². The van der Waals surface area contributed by atoms with Crippen LogP contribution in [0.4, 0.5) is 4.79 Å². The van der Waals surface area contributed by atoms with Gasteiger partial charge in [0.2, 0.25) is 0 Å². The second kappa shape index (κ2) is 6.78. The minimum absolute atomic E-state index is 0.0504. The number of alkyl carbamates (subject to hydrolysis) is 1. The molecule has 16 heavy (non-hydrogen) atoms. The second-order valence-corrected chi connectivity index (χ2v) is 3.13. The van der Waals surface area contributed by atoms with E-state index in [4.69, 9.17) is 18.0 Å². The molecule has 0 bridgehead atoms. The van der Waals surface area contributed by atoms with Gasteiger partial charge in [0.15, 0.2) is 0 Å². The van der Waals surface area contributed by atoms with Gasteiger partial charge < -0.3 is 15.2 Å². The van der Waals surface area contributed by atoms with Crippen LogP contribution in [0.1, 0.15) is 13.8 Å². The van der Waals surface area contributed by atoms with Crippen molar-refractivity contribution < 1.29 is 19.1 Å². The van der Waals surface area contributed by atoms with E-state index >= 15 is 0 Å². The number of esters is 1. The highest BCUT2D eigenvalue weighted by molar-refractivity contribution is 7.80. The Bertz CT molecular complexity index is 334. The van der Waals surface area contributed by atoms with E-state index in [2.05, 4.69) is 14.8 Å². The molecule has 0 aliphatic rings. The molecule has 0 aliphatic carbocycles. The third kappa shape index (κ3) is 4.26. The van der Waals surface area contributed by atoms with E-state index in [-0.39, 0.29) is 22.9 Å². The summed E-state index contributed by atoms with van der Waals surface area (Å²) in [5, 5.41) is 2.21. The number of rotatable bonds is 3. The van der Waals surface area contributed by atoms with Crippen molar-refractivity contribution in [2.45, 2.75) is 13.8 Å². The van der Waals surface area contributed by atoms with Crippen molar-refractivity contribution in [3.8, 4) is 0 Å². The Hall–Kier alpha value is -1.63. The van der Waals surface area contributed by atoms with E-state index in [1.165, 1.54) is 14.0 Å². The molecule has 0 unspecified atom stereocenters. The van der Waals surface area contributed by atoms with Crippen LogP contribution < -0.4 is 11.1 Å². The van der Waals surface area contributed by atoms with Crippen molar-refractivity contribution >= 4 is 29.3 Å². The molecular formula is C9H14N2O4S. The van der Waals surface area contributed by atoms with Gasteiger partial charge in [-0.3, -0.25) is 5.32 Å². The molecule has 1 amide bonds. The molecule has 0 saturated carbocycles. The zero-order valence-corrected chi connectivity index (χ0v) is 10.1. The lowest BCUT2D eigenvalue weighted by Gasteiger charge is -2.10. The van der Waals surface area contributed by atoms with Gasteiger partial charge in [0.05, 0.1) is 13.7 Å². The fourth-order valence-corrected chi connectivity index (χ4v) is 1.18. The number of carbonyl (C=O) groups is 2. The lowest BCUT2D eigenvalue weighted by Crippen LogP contribution is -2.34. The maximum absolute atomic E-state index is 11.3. The first-order chi connectivity index (χ1) is 7.43. The predicted molar refractivity (Wildman–Crippen MR) is 61.7 cm³/mol. The zero-order chi connectivity index (χ0) is 12.7. The number of allylic oxidation sites excluding steroid dienone is 1. The number of methoxy groups -OCH3 is 1. The first-order valence-electron chi connectivity index (χ1n) is 4.46. The molecule has 6 nitrogen and oxygen atoms in total. The van der Waals surface area contributed by atoms with Crippen LogP contribution in [0.2, 0.25) is 0 Å². The van der Waals surface area contributed by atoms with Crippen molar-refractivity contribution in [2.75, 3.05) is 13.7 Å². The number of carbonyl (C=O) groups excluding carboxylic acids is 2. The largest absolute Gasteiger partial charge is 0.465 e. The van der Waals surface area contributed by atoms with Crippen LogP contribution in [0.15, 0.2) is 11.3 Å². The SMILES string of the molecule is CCOC(=O)NC(=S)/C(C(=O)OC)=C(\C)N. The summed E-state index contributed by atoms with van der Waals surface area (Å²) in [5.41, 5.74) is 5.57. The van der Waals surface area contributed by atoms with Gasteiger partial charge in [0, 0.05) is 5.70 Å². The molecule has 0 aromatic carbocycles. The summed E-state index contributed by atoms with van der Waals surface area (Å²) in [6.45, 7) is 3.33. The van der Waals surface area contributed by atoms with E-state index in [1.54, 1.807) is 6.92 Å². The fraction of sp³-hybridized carbons (Fsp3) is 0.444. The van der Waals surface area contributed by atoms with Crippen molar-refractivity contribution in [2.24, 2.45) is 5.73 Å². The van der Waals surface area contributed by atoms with Crippen molar-refractivity contribution in [3.05, 3.63) is 11.3 Å². The van der Waals surface area contributed by atoms with Gasteiger partial charge in [0.25, 0.3) is 0 Å². The van der Waals surface area contributed by atoms with E-state index in [9.17, 15) is 9.59 Å². The maximum Gasteiger partial charge on any atom is 0.412 e. The van der Waals surface area contributed by atoms with Crippen LogP contribution in [0.3, 0.4) is 0 Å². The zero-order valence-electron chi connectivity index (χ0n) is 9.33. The van der Waals surface area contributed by atoms with Gasteiger partial charge in [-0.05, 0) is 13.8 Å². The van der Waals surface area contributed by atoms with Crippen molar-refractivity contribution in [1.82, 2.24) is 5.32 Å². The highest BCUT2D eigenvalue weighted by Crippen LogP contribution is 2.03. The van der Waals surface area contributed by atoms with Gasteiger partial charge in [-0.15, -0.1) is 0 Å². The Morgan fingerprint density at radius 2 is 2.00 bits per heavy atom. The number of nitrogens with two attached hydrogens (primary N) is 1. The van der Waals surface area contributed by atoms with Crippen LogP contribution in [0, 0.1) is 0 Å². The highest BCUT2D eigenvalue weighted by atomic mass is 32.1. The molecule has 0 aromatic rings. The molecule has 0 saturated heterocycles. The second-order valence-electron chi connectivity index (χ2n) is 2.72. The van der Waals surface area contributed by atoms with Gasteiger partial charge in [0.1, 0.15) is 10.6 Å². The molecule has 0 fully saturated rings. The number of amides is 1. The van der Waals surface area contributed by atoms with Crippen LogP contribution in [0.5, 0.6) is 0 Å². The summed E-state index contributed by atoms with van der Waals surface area (Å²) < 4.78 is 9.08. The quantitative estimate of drug-likeness (QED) is 0.427. The van der Waals surface area contributed by atoms with E-state index in [0.29, 0.717) is 0 Å². The normalized spacial score (nSPS) is 11.2. The molecule has 90 valence electrons. The molecule has 0 atom stereocenters. The Morgan fingerprint density at radius 1 is 1.44 bits per heavy atom. The first kappa shape index (κ1) is 14.4. The average Bonchev–Trinajstić information content (AvgIpc) is 2.17. The lowest BCUT2D eigenvalue weighted by atomic mass is 10.2. The van der Waals surface area contributed by atoms with Crippen LogP contribution in [-0.4, -0.2) is 30.8 Å². The summed E-state index contributed by atoms with van der Waals surface area (Å²) in [6.07, 6.45) is -0.741. The minimum Gasteiger partial charge on any atom is -0.465 e. The molecule has 0 radical (unpaired) electrons. The molecule has 0 aromatic heterocycles. The van der Waals surface area contributed by atoms with Gasteiger partial charge in [-0.25, -0.2) is 9.59 Å². The number of thiocarbonyl (C=S) groups is 1. The average molecular weight is 246 g/mol. The van der Waals surface area contributed by atoms with Crippen LogP contribution in [-0.2, 0) is 14.3 Å². The number of nitrogens with one attached hydrogen (secondary N) is 1. The molecule has 7 heteroatoms. The summed E-state index contributed by atoms with van der Waals surface area (Å²) in [6, 6.07) is 0. The Morgan fingerprint density at radius 3 is 2.38 bits per heavy atom. The first-order valence-corrected chi connectivity index (χ1v) is 4.87. The Balaban J connectivity index is 4.74. The Labute approximate surface area is 98.8 Å². The third-order valence-electron chi connectivity index (χ3n) is 1.50. The summed E-state index contributed by atoms with van der Waals surface area (Å²) >= 11 is 4.83. The predicted octanol–water partition coefficient (Wildman–Crippen LogP) is 0.466. The fourth-order valence-electron chi connectivity index (χ4n) is 0.857. The van der Waals surface area contributed by atoms with Crippen molar-refractivity contribution in [1.29, 1.82) is 0 Å². The maximum atomic E-state index is 11.3. The monoisotopic (exact) mass is 246 g/mol. The van der Waals surface area contributed by atoms with Crippen LogP contribution >= 0.6 is 12.2 Å². The number of ether oxygens (including phenoxy) is 2. The van der Waals surface area contributed by atoms with Gasteiger partial charge in [-0.1, -0.05) is 12.2 Å². The molecule has 3 N–H and O–H groups in total. The number of hydrogen-bond acceptors (Lipinski definition) is 6. The molecular weight excluding hydrogens is 232 g/mol. The van der Waals surface area contributed by atoms with Gasteiger partial charge in [-0.2, -0.15) is 0 Å². The van der Waals surface area contributed by atoms with E-state index in [1.807, 2.05) is 0 Å². The molecule has 0 spiro atoms. The molecule has 0 aliphatic heterocycles. The molecule has 0 heterocycles.